The lowest BCUT2D eigenvalue weighted by atomic mass is 10.0. The Bertz CT molecular complexity index is 1080. The Morgan fingerprint density at radius 2 is 1.51 bits per heavy atom. The van der Waals surface area contributed by atoms with Gasteiger partial charge in [-0.25, -0.2) is 4.79 Å². The van der Waals surface area contributed by atoms with Gasteiger partial charge in [0.05, 0.1) is 0 Å². The van der Waals surface area contributed by atoms with Gasteiger partial charge < -0.3 is 20.9 Å². The molecule has 3 N–H and O–H groups in total. The van der Waals surface area contributed by atoms with E-state index in [9.17, 15) is 9.59 Å². The first-order chi connectivity index (χ1) is 17.2. The number of benzene rings is 3. The Kier molecular flexibility index (Phi) is 8.90. The maximum atomic E-state index is 13.0. The second-order valence-corrected chi connectivity index (χ2v) is 8.98. The zero-order valence-corrected chi connectivity index (χ0v) is 20.1. The minimum atomic E-state index is -0.665. The number of carbonyl (C=O) groups excluding carboxylic acids is 2. The van der Waals surface area contributed by atoms with Crippen LogP contribution < -0.4 is 16.0 Å². The van der Waals surface area contributed by atoms with Gasteiger partial charge in [0, 0.05) is 18.7 Å². The van der Waals surface area contributed by atoms with E-state index < -0.39 is 12.1 Å². The van der Waals surface area contributed by atoms with E-state index in [0.29, 0.717) is 18.7 Å². The highest BCUT2D eigenvalue weighted by Crippen LogP contribution is 2.22. The van der Waals surface area contributed by atoms with Crippen LogP contribution >= 0.6 is 0 Å². The van der Waals surface area contributed by atoms with Crippen molar-refractivity contribution in [1.29, 1.82) is 0 Å². The van der Waals surface area contributed by atoms with E-state index in [1.54, 1.807) is 0 Å². The number of rotatable bonds is 10. The molecule has 1 heterocycles. The summed E-state index contributed by atoms with van der Waals surface area (Å²) in [5.41, 5.74) is 3.76. The number of amides is 3. The minimum absolute atomic E-state index is 0.163. The first-order valence-electron chi connectivity index (χ1n) is 12.4. The number of hydrogen-bond acceptors (Lipinski definition) is 3. The van der Waals surface area contributed by atoms with Gasteiger partial charge in [-0.05, 0) is 67.7 Å². The molecule has 35 heavy (non-hydrogen) atoms. The van der Waals surface area contributed by atoms with Gasteiger partial charge in [-0.3, -0.25) is 4.79 Å². The van der Waals surface area contributed by atoms with Crippen LogP contribution in [0.2, 0.25) is 0 Å². The van der Waals surface area contributed by atoms with Crippen LogP contribution in [0.4, 0.5) is 10.5 Å². The van der Waals surface area contributed by atoms with Crippen LogP contribution in [0.5, 0.6) is 0 Å². The van der Waals surface area contributed by atoms with Gasteiger partial charge in [0.2, 0.25) is 5.91 Å². The molecule has 6 nitrogen and oxygen atoms in total. The number of carbonyl (C=O) groups is 2. The average Bonchev–Trinajstić information content (AvgIpc) is 3.41. The molecule has 3 aromatic rings. The molecule has 1 atom stereocenters. The van der Waals surface area contributed by atoms with Crippen molar-refractivity contribution in [1.82, 2.24) is 15.5 Å². The van der Waals surface area contributed by atoms with E-state index in [1.807, 2.05) is 84.9 Å². The summed E-state index contributed by atoms with van der Waals surface area (Å²) >= 11 is 0. The van der Waals surface area contributed by atoms with Crippen LogP contribution in [0.25, 0.3) is 11.1 Å². The highest BCUT2D eigenvalue weighted by atomic mass is 16.2. The van der Waals surface area contributed by atoms with E-state index in [1.165, 1.54) is 12.8 Å². The zero-order chi connectivity index (χ0) is 24.3. The fourth-order valence-corrected chi connectivity index (χ4v) is 4.44. The summed E-state index contributed by atoms with van der Waals surface area (Å²) < 4.78 is 0. The molecule has 0 spiro atoms. The molecule has 1 aliphatic heterocycles. The summed E-state index contributed by atoms with van der Waals surface area (Å²) in [6.45, 7) is 3.90. The Balaban J connectivity index is 1.35. The Morgan fingerprint density at radius 1 is 0.829 bits per heavy atom. The molecule has 1 aliphatic rings. The van der Waals surface area contributed by atoms with Crippen molar-refractivity contribution >= 4 is 17.6 Å². The SMILES string of the molecule is O=C(Nc1cccc(-c2ccccc2)c1)NC(Cc1ccccc1)C(=O)NCCCN1CCCC1. The Labute approximate surface area is 207 Å². The fraction of sp³-hybridized carbons (Fsp3) is 0.310. The molecular weight excluding hydrogens is 436 g/mol. The van der Waals surface area contributed by atoms with Crippen molar-refractivity contribution in [2.24, 2.45) is 0 Å². The first-order valence-corrected chi connectivity index (χ1v) is 12.4. The van der Waals surface area contributed by atoms with E-state index in [0.717, 1.165) is 42.7 Å². The van der Waals surface area contributed by atoms with Crippen LogP contribution in [0.3, 0.4) is 0 Å². The Hall–Kier alpha value is -3.64. The number of urea groups is 1. The first kappa shape index (κ1) is 24.5. The molecule has 4 rings (SSSR count). The van der Waals surface area contributed by atoms with Crippen molar-refractivity contribution in [2.45, 2.75) is 31.7 Å². The number of nitrogens with one attached hydrogen (secondary N) is 3. The average molecular weight is 471 g/mol. The van der Waals surface area contributed by atoms with E-state index in [2.05, 4.69) is 20.9 Å². The zero-order valence-electron chi connectivity index (χ0n) is 20.1. The van der Waals surface area contributed by atoms with Gasteiger partial charge in [0.25, 0.3) is 0 Å². The van der Waals surface area contributed by atoms with Crippen LogP contribution in [0, 0.1) is 0 Å². The Morgan fingerprint density at radius 3 is 2.26 bits per heavy atom. The maximum Gasteiger partial charge on any atom is 0.319 e. The van der Waals surface area contributed by atoms with Gasteiger partial charge >= 0.3 is 6.03 Å². The number of likely N-dealkylation sites (tertiary alicyclic amines) is 1. The van der Waals surface area contributed by atoms with Gasteiger partial charge in [0.15, 0.2) is 0 Å². The summed E-state index contributed by atoms with van der Waals surface area (Å²) in [5.74, 6) is -0.163. The summed E-state index contributed by atoms with van der Waals surface area (Å²) in [7, 11) is 0. The van der Waals surface area contributed by atoms with Gasteiger partial charge in [-0.15, -0.1) is 0 Å². The van der Waals surface area contributed by atoms with Crippen LogP contribution in [-0.4, -0.2) is 49.1 Å². The molecular formula is C29H34N4O2. The topological polar surface area (TPSA) is 73.5 Å². The third-order valence-electron chi connectivity index (χ3n) is 6.28. The van der Waals surface area contributed by atoms with E-state index in [-0.39, 0.29) is 5.91 Å². The van der Waals surface area contributed by atoms with Crippen molar-refractivity contribution in [2.75, 3.05) is 31.5 Å². The molecule has 0 aromatic heterocycles. The molecule has 1 saturated heterocycles. The normalized spacial score (nSPS) is 14.3. The predicted octanol–water partition coefficient (Wildman–Crippen LogP) is 4.69. The lowest BCUT2D eigenvalue weighted by Gasteiger charge is -2.20. The van der Waals surface area contributed by atoms with Crippen LogP contribution in [0.15, 0.2) is 84.9 Å². The van der Waals surface area contributed by atoms with Gasteiger partial charge in [-0.2, -0.15) is 0 Å². The summed E-state index contributed by atoms with van der Waals surface area (Å²) in [6.07, 6.45) is 3.86. The monoisotopic (exact) mass is 470 g/mol. The van der Waals surface area contributed by atoms with Crippen molar-refractivity contribution in [3.05, 3.63) is 90.5 Å². The highest BCUT2D eigenvalue weighted by Gasteiger charge is 2.21. The van der Waals surface area contributed by atoms with Crippen molar-refractivity contribution < 1.29 is 9.59 Å². The molecule has 0 bridgehead atoms. The van der Waals surface area contributed by atoms with Gasteiger partial charge in [0.1, 0.15) is 6.04 Å². The van der Waals surface area contributed by atoms with E-state index >= 15 is 0 Å². The maximum absolute atomic E-state index is 13.0. The highest BCUT2D eigenvalue weighted by molar-refractivity contribution is 5.94. The molecule has 3 amide bonds. The summed E-state index contributed by atoms with van der Waals surface area (Å²) in [4.78, 5) is 28.3. The second kappa shape index (κ2) is 12.7. The number of nitrogens with zero attached hydrogens (tertiary/aromatic N) is 1. The quantitative estimate of drug-likeness (QED) is 0.377. The predicted molar refractivity (Wildman–Crippen MR) is 141 cm³/mol. The molecule has 1 unspecified atom stereocenters. The van der Waals surface area contributed by atoms with E-state index in [4.69, 9.17) is 0 Å². The molecule has 0 saturated carbocycles. The summed E-state index contributed by atoms with van der Waals surface area (Å²) in [6, 6.07) is 26.4. The standard InChI is InChI=1S/C29H34N4O2/c34-28(30-17-10-20-33-18-7-8-19-33)27(21-23-11-3-1-4-12-23)32-29(35)31-26-16-9-15-25(22-26)24-13-5-2-6-14-24/h1-6,9,11-16,22,27H,7-8,10,17-21H2,(H,30,34)(H2,31,32,35). The third kappa shape index (κ3) is 7.69. The molecule has 3 aromatic carbocycles. The molecule has 0 radical (unpaired) electrons. The minimum Gasteiger partial charge on any atom is -0.354 e. The fourth-order valence-electron chi connectivity index (χ4n) is 4.44. The van der Waals surface area contributed by atoms with Crippen LogP contribution in [0.1, 0.15) is 24.8 Å². The van der Waals surface area contributed by atoms with Crippen LogP contribution in [-0.2, 0) is 11.2 Å². The van der Waals surface area contributed by atoms with Crippen molar-refractivity contribution in [3.63, 3.8) is 0 Å². The largest absolute Gasteiger partial charge is 0.354 e. The molecule has 0 aliphatic carbocycles. The third-order valence-corrected chi connectivity index (χ3v) is 6.28. The second-order valence-electron chi connectivity index (χ2n) is 8.98. The molecule has 182 valence electrons. The molecule has 6 heteroatoms. The smallest absolute Gasteiger partial charge is 0.319 e. The van der Waals surface area contributed by atoms with Gasteiger partial charge in [-0.1, -0.05) is 72.8 Å². The van der Waals surface area contributed by atoms with Crippen molar-refractivity contribution in [3.8, 4) is 11.1 Å². The lowest BCUT2D eigenvalue weighted by Crippen LogP contribution is -2.49. The number of hydrogen-bond donors (Lipinski definition) is 3. The molecule has 1 fully saturated rings. The number of anilines is 1. The summed E-state index contributed by atoms with van der Waals surface area (Å²) in [5, 5.41) is 8.79. The lowest BCUT2D eigenvalue weighted by molar-refractivity contribution is -0.122.